The molecular weight excluding hydrogens is 255 g/mol. The summed E-state index contributed by atoms with van der Waals surface area (Å²) in [5.74, 6) is -4.30. The number of Topliss-reactive ketones (excluding diaryl/α,β-unsaturated/α-hetero) is 1. The van der Waals surface area contributed by atoms with Crippen molar-refractivity contribution in [3.05, 3.63) is 47.5 Å². The highest BCUT2D eigenvalue weighted by atomic mass is 19.1. The van der Waals surface area contributed by atoms with Crippen LogP contribution in [0.15, 0.2) is 36.1 Å². The van der Waals surface area contributed by atoms with Gasteiger partial charge in [-0.1, -0.05) is 12.1 Å². The lowest BCUT2D eigenvalue weighted by atomic mass is 10.1. The fourth-order valence-corrected chi connectivity index (χ4v) is 1.31. The molecule has 0 atom stereocenters. The summed E-state index contributed by atoms with van der Waals surface area (Å²) < 4.78 is 17.4. The molecule has 1 rings (SSSR count). The van der Waals surface area contributed by atoms with Gasteiger partial charge in [0.05, 0.1) is 19.1 Å². The highest BCUT2D eigenvalue weighted by molar-refractivity contribution is 6.12. The number of carbonyl (C=O) groups is 3. The third kappa shape index (κ3) is 4.02. The normalized spacial score (nSPS) is 10.9. The van der Waals surface area contributed by atoms with Crippen LogP contribution in [0.25, 0.3) is 0 Å². The number of carbonyl (C=O) groups excluding carboxylic acids is 3. The van der Waals surface area contributed by atoms with E-state index >= 15 is 0 Å². The summed E-state index contributed by atoms with van der Waals surface area (Å²) in [5, 5.41) is 9.11. The number of aliphatic hydroxyl groups excluding tert-OH is 1. The smallest absolute Gasteiger partial charge is 0.373 e. The molecule has 0 unspecified atom stereocenters. The monoisotopic (exact) mass is 266 g/mol. The van der Waals surface area contributed by atoms with Crippen LogP contribution in [0.3, 0.4) is 0 Å². The van der Waals surface area contributed by atoms with Crippen LogP contribution >= 0.6 is 0 Å². The molecule has 0 bridgehead atoms. The van der Waals surface area contributed by atoms with Crippen LogP contribution in [-0.4, -0.2) is 29.8 Å². The Balaban J connectivity index is 2.76. The van der Waals surface area contributed by atoms with Crippen LogP contribution in [0.1, 0.15) is 16.8 Å². The number of allylic oxidation sites excluding steroid dienone is 1. The summed E-state index contributed by atoms with van der Waals surface area (Å²) >= 11 is 0. The second kappa shape index (κ2) is 6.44. The topological polar surface area (TPSA) is 80.7 Å². The number of benzene rings is 1. The quantitative estimate of drug-likeness (QED) is 0.288. The number of methoxy groups -OCH3 is 1. The molecule has 6 heteroatoms. The number of hydrogen-bond donors (Lipinski definition) is 1. The number of esters is 1. The first-order chi connectivity index (χ1) is 8.95. The molecule has 0 aliphatic heterocycles. The van der Waals surface area contributed by atoms with E-state index in [9.17, 15) is 18.8 Å². The molecular formula is C13H11FO5. The van der Waals surface area contributed by atoms with Crippen LogP contribution in [0.4, 0.5) is 4.39 Å². The van der Waals surface area contributed by atoms with Gasteiger partial charge in [-0.15, -0.1) is 0 Å². The Hall–Kier alpha value is -2.50. The predicted molar refractivity (Wildman–Crippen MR) is 63.1 cm³/mol. The number of rotatable bonds is 5. The van der Waals surface area contributed by atoms with E-state index in [2.05, 4.69) is 4.74 Å². The molecule has 19 heavy (non-hydrogen) atoms. The largest absolute Gasteiger partial charge is 0.502 e. The van der Waals surface area contributed by atoms with Crippen LogP contribution in [0.5, 0.6) is 0 Å². The highest BCUT2D eigenvalue weighted by Crippen LogP contribution is 2.10. The maximum atomic E-state index is 13.3. The van der Waals surface area contributed by atoms with Crippen LogP contribution < -0.4 is 0 Å². The molecule has 0 aliphatic rings. The fraction of sp³-hybridized carbons (Fsp3) is 0.154. The fourth-order valence-electron chi connectivity index (χ4n) is 1.31. The number of aliphatic hydroxyl groups is 1. The first-order valence-electron chi connectivity index (χ1n) is 5.25. The Morgan fingerprint density at radius 3 is 2.53 bits per heavy atom. The van der Waals surface area contributed by atoms with Gasteiger partial charge in [0.25, 0.3) is 0 Å². The first-order valence-corrected chi connectivity index (χ1v) is 5.25. The third-order valence-corrected chi connectivity index (χ3v) is 2.20. The van der Waals surface area contributed by atoms with Gasteiger partial charge in [-0.25, -0.2) is 9.18 Å². The Bertz CT molecular complexity index is 548. The van der Waals surface area contributed by atoms with Gasteiger partial charge in [0.2, 0.25) is 5.76 Å². The zero-order valence-corrected chi connectivity index (χ0v) is 10.1. The lowest BCUT2D eigenvalue weighted by Gasteiger charge is -2.00. The van der Waals surface area contributed by atoms with Crippen molar-refractivity contribution in [1.29, 1.82) is 0 Å². The molecule has 5 nitrogen and oxygen atoms in total. The molecule has 1 N–H and O–H groups in total. The van der Waals surface area contributed by atoms with Gasteiger partial charge in [-0.2, -0.15) is 0 Å². The van der Waals surface area contributed by atoms with E-state index in [1.165, 1.54) is 18.2 Å². The maximum absolute atomic E-state index is 13.3. The zero-order chi connectivity index (χ0) is 14.4. The molecule has 0 heterocycles. The second-order valence-electron chi connectivity index (χ2n) is 3.57. The summed E-state index contributed by atoms with van der Waals surface area (Å²) in [7, 11) is 1.03. The molecule has 100 valence electrons. The minimum Gasteiger partial charge on any atom is -0.502 e. The Labute approximate surface area is 108 Å². The second-order valence-corrected chi connectivity index (χ2v) is 3.57. The Kier molecular flexibility index (Phi) is 4.93. The highest BCUT2D eigenvalue weighted by Gasteiger charge is 2.16. The average Bonchev–Trinajstić information content (AvgIpc) is 2.37. The summed E-state index contributed by atoms with van der Waals surface area (Å²) in [4.78, 5) is 33.8. The number of ether oxygens (including phenoxy) is 1. The number of hydrogen-bond acceptors (Lipinski definition) is 5. The number of halogens is 1. The molecule has 0 amide bonds. The van der Waals surface area contributed by atoms with Crippen molar-refractivity contribution in [2.24, 2.45) is 0 Å². The summed E-state index contributed by atoms with van der Waals surface area (Å²) in [6.45, 7) is 0. The van der Waals surface area contributed by atoms with Crippen molar-refractivity contribution < 1.29 is 28.6 Å². The van der Waals surface area contributed by atoms with Crippen molar-refractivity contribution in [3.8, 4) is 0 Å². The van der Waals surface area contributed by atoms with Crippen molar-refractivity contribution in [3.63, 3.8) is 0 Å². The van der Waals surface area contributed by atoms with E-state index in [0.29, 0.717) is 6.08 Å². The maximum Gasteiger partial charge on any atom is 0.373 e. The van der Waals surface area contributed by atoms with Gasteiger partial charge in [0.1, 0.15) is 5.82 Å². The molecule has 1 aromatic carbocycles. The van der Waals surface area contributed by atoms with Gasteiger partial charge in [0, 0.05) is 6.08 Å². The lowest BCUT2D eigenvalue weighted by Crippen LogP contribution is -2.11. The van der Waals surface area contributed by atoms with Crippen LogP contribution in [-0.2, 0) is 14.3 Å². The van der Waals surface area contributed by atoms with Crippen molar-refractivity contribution in [2.45, 2.75) is 6.42 Å². The minimum absolute atomic E-state index is 0.221. The molecule has 0 spiro atoms. The minimum atomic E-state index is -1.09. The molecule has 0 saturated carbocycles. The average molecular weight is 266 g/mol. The summed E-state index contributed by atoms with van der Waals surface area (Å²) in [5.41, 5.74) is -0.221. The van der Waals surface area contributed by atoms with Gasteiger partial charge < -0.3 is 9.84 Å². The molecule has 0 saturated heterocycles. The van der Waals surface area contributed by atoms with E-state index in [0.717, 1.165) is 13.2 Å². The van der Waals surface area contributed by atoms with Crippen LogP contribution in [0.2, 0.25) is 0 Å². The van der Waals surface area contributed by atoms with Crippen molar-refractivity contribution in [2.75, 3.05) is 7.11 Å². The van der Waals surface area contributed by atoms with Gasteiger partial charge in [-0.3, -0.25) is 9.59 Å². The Morgan fingerprint density at radius 1 is 1.32 bits per heavy atom. The van der Waals surface area contributed by atoms with Gasteiger partial charge in [-0.05, 0) is 12.1 Å². The third-order valence-electron chi connectivity index (χ3n) is 2.20. The summed E-state index contributed by atoms with van der Waals surface area (Å²) in [6.07, 6.45) is -0.0768. The van der Waals surface area contributed by atoms with E-state index < -0.39 is 35.5 Å². The predicted octanol–water partition coefficient (Wildman–Crippen LogP) is 1.58. The molecule has 0 radical (unpaired) electrons. The molecule has 0 aliphatic carbocycles. The van der Waals surface area contributed by atoms with Crippen molar-refractivity contribution in [1.82, 2.24) is 0 Å². The van der Waals surface area contributed by atoms with E-state index in [1.807, 2.05) is 0 Å². The van der Waals surface area contributed by atoms with Gasteiger partial charge >= 0.3 is 5.97 Å². The lowest BCUT2D eigenvalue weighted by molar-refractivity contribution is -0.139. The van der Waals surface area contributed by atoms with E-state index in [-0.39, 0.29) is 5.56 Å². The van der Waals surface area contributed by atoms with Crippen LogP contribution in [0, 0.1) is 5.82 Å². The summed E-state index contributed by atoms with van der Waals surface area (Å²) in [6, 6.07) is 5.22. The standard InChI is InChI=1S/C13H11FO5/c1-19-13(18)12(17)7-8(15)6-11(16)9-4-2-3-5-10(9)14/h2-5,7,17H,6H2,1H3/b12-7-. The SMILES string of the molecule is COC(=O)/C(O)=C/C(=O)CC(=O)c1ccccc1F. The molecule has 0 aromatic heterocycles. The first kappa shape index (κ1) is 14.6. The van der Waals surface area contributed by atoms with Crippen molar-refractivity contribution >= 4 is 17.5 Å². The van der Waals surface area contributed by atoms with E-state index in [1.54, 1.807) is 0 Å². The molecule has 0 fully saturated rings. The Morgan fingerprint density at radius 2 is 1.95 bits per heavy atom. The molecule has 1 aromatic rings. The zero-order valence-electron chi connectivity index (χ0n) is 10.1. The van der Waals surface area contributed by atoms with E-state index in [4.69, 9.17) is 5.11 Å². The van der Waals surface area contributed by atoms with Gasteiger partial charge in [0.15, 0.2) is 11.6 Å². The number of ketones is 2.